The molecule has 0 atom stereocenters. The monoisotopic (exact) mass is 569 g/mol. The summed E-state index contributed by atoms with van der Waals surface area (Å²) in [6, 6.07) is 16.5. The van der Waals surface area contributed by atoms with Crippen LogP contribution in [0.2, 0.25) is 0 Å². The molecule has 0 saturated heterocycles. The summed E-state index contributed by atoms with van der Waals surface area (Å²) in [5, 5.41) is 4.89. The highest BCUT2D eigenvalue weighted by molar-refractivity contribution is 7.09. The molecule has 3 rings (SSSR count). The molecule has 0 radical (unpaired) electrons. The topological polar surface area (TPSA) is 89.6 Å². The number of nitrogens with one attached hydrogen (secondary N) is 1. The molecule has 0 fully saturated rings. The molecule has 0 aliphatic rings. The van der Waals surface area contributed by atoms with E-state index in [1.165, 1.54) is 0 Å². The Morgan fingerprint density at radius 1 is 0.900 bits per heavy atom. The first-order chi connectivity index (χ1) is 19.5. The van der Waals surface area contributed by atoms with Crippen LogP contribution < -0.4 is 19.5 Å². The third-order valence-electron chi connectivity index (χ3n) is 6.25. The van der Waals surface area contributed by atoms with Gasteiger partial charge in [0.2, 0.25) is 5.91 Å². The molecule has 10 heteroatoms. The van der Waals surface area contributed by atoms with Crippen molar-refractivity contribution in [2.24, 2.45) is 0 Å². The van der Waals surface area contributed by atoms with Crippen LogP contribution in [0.4, 0.5) is 10.5 Å². The summed E-state index contributed by atoms with van der Waals surface area (Å²) in [6.45, 7) is 4.30. The maximum absolute atomic E-state index is 13.7. The van der Waals surface area contributed by atoms with Crippen LogP contribution in [-0.2, 0) is 22.5 Å². The summed E-state index contributed by atoms with van der Waals surface area (Å²) in [4.78, 5) is 31.4. The molecule has 0 spiro atoms. The van der Waals surface area contributed by atoms with Crippen molar-refractivity contribution in [3.63, 3.8) is 0 Å². The lowest BCUT2D eigenvalue weighted by Crippen LogP contribution is -2.45. The van der Waals surface area contributed by atoms with E-state index < -0.39 is 0 Å². The quantitative estimate of drug-likeness (QED) is 0.235. The number of thiophene rings is 1. The standard InChI is InChI=1S/C30H39N3O6S/c1-5-39-17-8-15-33(30(35)31-24-9-6-10-25(20-24)36-2)22-29(34)32(21-26-11-7-18-40-26)16-14-23-12-13-27(37-3)28(19-23)38-4/h6-7,9-13,18-20H,5,8,14-17,21-22H2,1-4H3,(H,31,35). The van der Waals surface area contributed by atoms with Crippen LogP contribution in [0.15, 0.2) is 60.0 Å². The minimum Gasteiger partial charge on any atom is -0.497 e. The fraction of sp³-hybridized carbons (Fsp3) is 0.400. The zero-order valence-electron chi connectivity index (χ0n) is 23.7. The average molecular weight is 570 g/mol. The van der Waals surface area contributed by atoms with E-state index in [0.29, 0.717) is 68.6 Å². The lowest BCUT2D eigenvalue weighted by molar-refractivity contribution is -0.132. The van der Waals surface area contributed by atoms with Crippen molar-refractivity contribution in [2.75, 3.05) is 59.5 Å². The maximum atomic E-state index is 13.7. The second kappa shape index (κ2) is 16.4. The van der Waals surface area contributed by atoms with Crippen molar-refractivity contribution in [1.82, 2.24) is 9.80 Å². The van der Waals surface area contributed by atoms with Gasteiger partial charge >= 0.3 is 6.03 Å². The Labute approximate surface area is 240 Å². The van der Waals surface area contributed by atoms with Gasteiger partial charge in [0.1, 0.15) is 12.3 Å². The Morgan fingerprint density at radius 3 is 2.42 bits per heavy atom. The number of rotatable bonds is 16. The normalized spacial score (nSPS) is 10.6. The summed E-state index contributed by atoms with van der Waals surface area (Å²) < 4.78 is 21.5. The Morgan fingerprint density at radius 2 is 1.73 bits per heavy atom. The number of carbonyl (C=O) groups excluding carboxylic acids is 2. The van der Waals surface area contributed by atoms with E-state index in [2.05, 4.69) is 5.32 Å². The minimum atomic E-state index is -0.353. The molecule has 0 saturated carbocycles. The smallest absolute Gasteiger partial charge is 0.322 e. The highest BCUT2D eigenvalue weighted by Crippen LogP contribution is 2.28. The van der Waals surface area contributed by atoms with Gasteiger partial charge in [0.15, 0.2) is 11.5 Å². The Balaban J connectivity index is 1.74. The van der Waals surface area contributed by atoms with E-state index in [1.807, 2.05) is 42.6 Å². The predicted octanol–water partition coefficient (Wildman–Crippen LogP) is 5.31. The number of carbonyl (C=O) groups is 2. The van der Waals surface area contributed by atoms with Crippen LogP contribution in [-0.4, -0.2) is 75.9 Å². The van der Waals surface area contributed by atoms with Crippen molar-refractivity contribution in [3.05, 3.63) is 70.4 Å². The zero-order chi connectivity index (χ0) is 28.7. The molecule has 3 amide bonds. The van der Waals surface area contributed by atoms with Crippen molar-refractivity contribution < 1.29 is 28.5 Å². The zero-order valence-corrected chi connectivity index (χ0v) is 24.5. The van der Waals surface area contributed by atoms with Gasteiger partial charge in [-0.25, -0.2) is 4.79 Å². The molecule has 3 aromatic rings. The Kier molecular flexibility index (Phi) is 12.6. The highest BCUT2D eigenvalue weighted by atomic mass is 32.1. The molecule has 9 nitrogen and oxygen atoms in total. The van der Waals surface area contributed by atoms with Gasteiger partial charge < -0.3 is 34.1 Å². The maximum Gasteiger partial charge on any atom is 0.322 e. The molecule has 0 bridgehead atoms. The third-order valence-corrected chi connectivity index (χ3v) is 7.11. The Bertz CT molecular complexity index is 1200. The minimum absolute atomic E-state index is 0.0563. The average Bonchev–Trinajstić information content (AvgIpc) is 3.49. The lowest BCUT2D eigenvalue weighted by Gasteiger charge is -2.28. The molecule has 2 aromatic carbocycles. The number of hydrogen-bond acceptors (Lipinski definition) is 7. The number of hydrogen-bond donors (Lipinski definition) is 1. The van der Waals surface area contributed by atoms with Gasteiger partial charge in [-0.05, 0) is 61.0 Å². The van der Waals surface area contributed by atoms with Crippen LogP contribution in [0.25, 0.3) is 0 Å². The first kappa shape index (κ1) is 30.8. The molecule has 216 valence electrons. The van der Waals surface area contributed by atoms with Gasteiger partial charge in [-0.15, -0.1) is 11.3 Å². The van der Waals surface area contributed by atoms with E-state index in [0.717, 1.165) is 10.4 Å². The van der Waals surface area contributed by atoms with E-state index in [-0.39, 0.29) is 18.5 Å². The van der Waals surface area contributed by atoms with Gasteiger partial charge in [-0.3, -0.25) is 4.79 Å². The van der Waals surface area contributed by atoms with Gasteiger partial charge in [0, 0.05) is 42.9 Å². The van der Waals surface area contributed by atoms with Gasteiger partial charge in [-0.1, -0.05) is 18.2 Å². The molecular weight excluding hydrogens is 530 g/mol. The fourth-order valence-corrected chi connectivity index (χ4v) is 4.82. The van der Waals surface area contributed by atoms with Crippen LogP contribution in [0.1, 0.15) is 23.8 Å². The molecule has 40 heavy (non-hydrogen) atoms. The molecule has 0 aliphatic carbocycles. The third kappa shape index (κ3) is 9.46. The van der Waals surface area contributed by atoms with E-state index in [9.17, 15) is 9.59 Å². The van der Waals surface area contributed by atoms with Gasteiger partial charge in [0.05, 0.1) is 27.9 Å². The number of urea groups is 1. The summed E-state index contributed by atoms with van der Waals surface area (Å²) in [5.74, 6) is 1.80. The molecule has 0 unspecified atom stereocenters. The van der Waals surface area contributed by atoms with Crippen molar-refractivity contribution in [1.29, 1.82) is 0 Å². The molecule has 1 aromatic heterocycles. The van der Waals surface area contributed by atoms with Crippen LogP contribution in [0.3, 0.4) is 0 Å². The first-order valence-corrected chi connectivity index (χ1v) is 14.1. The Hall–Kier alpha value is -3.76. The second-order valence-electron chi connectivity index (χ2n) is 8.97. The number of anilines is 1. The second-order valence-corrected chi connectivity index (χ2v) is 10.0. The van der Waals surface area contributed by atoms with Crippen molar-refractivity contribution >= 4 is 29.0 Å². The number of ether oxygens (including phenoxy) is 4. The van der Waals surface area contributed by atoms with E-state index in [4.69, 9.17) is 18.9 Å². The van der Waals surface area contributed by atoms with Gasteiger partial charge in [-0.2, -0.15) is 0 Å². The summed E-state index contributed by atoms with van der Waals surface area (Å²) in [7, 11) is 4.78. The lowest BCUT2D eigenvalue weighted by atomic mass is 10.1. The number of benzene rings is 2. The number of nitrogens with zero attached hydrogens (tertiary/aromatic N) is 2. The molecule has 1 heterocycles. The summed E-state index contributed by atoms with van der Waals surface area (Å²) in [6.07, 6.45) is 1.24. The first-order valence-electron chi connectivity index (χ1n) is 13.3. The molecule has 1 N–H and O–H groups in total. The van der Waals surface area contributed by atoms with Crippen LogP contribution in [0, 0.1) is 0 Å². The summed E-state index contributed by atoms with van der Waals surface area (Å²) >= 11 is 1.60. The number of methoxy groups -OCH3 is 3. The molecular formula is C30H39N3O6S. The summed E-state index contributed by atoms with van der Waals surface area (Å²) in [5.41, 5.74) is 1.61. The predicted molar refractivity (Wildman–Crippen MR) is 158 cm³/mol. The SMILES string of the molecule is CCOCCCN(CC(=O)N(CCc1ccc(OC)c(OC)c1)Cc1cccs1)C(=O)Nc1cccc(OC)c1. The fourth-order valence-electron chi connectivity index (χ4n) is 4.10. The largest absolute Gasteiger partial charge is 0.497 e. The van der Waals surface area contributed by atoms with E-state index >= 15 is 0 Å². The van der Waals surface area contributed by atoms with Crippen molar-refractivity contribution in [2.45, 2.75) is 26.3 Å². The van der Waals surface area contributed by atoms with Crippen molar-refractivity contribution in [3.8, 4) is 17.2 Å². The van der Waals surface area contributed by atoms with Gasteiger partial charge in [0.25, 0.3) is 0 Å². The highest BCUT2D eigenvalue weighted by Gasteiger charge is 2.22. The van der Waals surface area contributed by atoms with Crippen LogP contribution >= 0.6 is 11.3 Å². The number of amides is 3. The molecule has 0 aliphatic heterocycles. The van der Waals surface area contributed by atoms with Crippen LogP contribution in [0.5, 0.6) is 17.2 Å². The van der Waals surface area contributed by atoms with E-state index in [1.54, 1.807) is 66.7 Å².